The highest BCUT2D eigenvalue weighted by atomic mass is 32.2. The van der Waals surface area contributed by atoms with Crippen molar-refractivity contribution < 1.29 is 13.3 Å². The van der Waals surface area contributed by atoms with Crippen LogP contribution in [0.3, 0.4) is 0 Å². The maximum absolute atomic E-state index is 13.3. The zero-order chi connectivity index (χ0) is 10.7. The Morgan fingerprint density at radius 1 is 1.47 bits per heavy atom. The quantitative estimate of drug-likeness (QED) is 0.790. The van der Waals surface area contributed by atoms with Gasteiger partial charge in [0.25, 0.3) is 0 Å². The lowest BCUT2D eigenvalue weighted by molar-refractivity contribution is 0.189. The lowest BCUT2D eigenvalue weighted by Gasteiger charge is -2.07. The molecule has 0 saturated carbocycles. The topological polar surface area (TPSA) is 26.3 Å². The Morgan fingerprint density at radius 3 is 2.93 bits per heavy atom. The first kappa shape index (κ1) is 10.8. The van der Waals surface area contributed by atoms with E-state index >= 15 is 0 Å². The zero-order valence-corrected chi connectivity index (χ0v) is 9.13. The van der Waals surface area contributed by atoms with Gasteiger partial charge in [0.2, 0.25) is 0 Å². The Hall–Kier alpha value is -0.740. The van der Waals surface area contributed by atoms with E-state index in [-0.39, 0.29) is 5.82 Å². The maximum Gasteiger partial charge on any atom is 0.139 e. The fraction of sp³-hybridized carbons (Fsp3) is 0.455. The summed E-state index contributed by atoms with van der Waals surface area (Å²) in [5, 5.41) is 0. The van der Waals surface area contributed by atoms with Gasteiger partial charge in [-0.2, -0.15) is 0 Å². The van der Waals surface area contributed by atoms with Crippen molar-refractivity contribution in [2.75, 3.05) is 19.0 Å². The van der Waals surface area contributed by atoms with Crippen LogP contribution < -0.4 is 0 Å². The van der Waals surface area contributed by atoms with Crippen molar-refractivity contribution in [1.82, 2.24) is 0 Å². The average Bonchev–Trinajstić information content (AvgIpc) is 2.71. The summed E-state index contributed by atoms with van der Waals surface area (Å²) in [6, 6.07) is 6.25. The molecule has 2 atom stereocenters. The third kappa shape index (κ3) is 2.63. The second kappa shape index (κ2) is 4.86. The molecule has 2 unspecified atom stereocenters. The Labute approximate surface area is 90.9 Å². The van der Waals surface area contributed by atoms with E-state index < -0.39 is 10.8 Å². The monoisotopic (exact) mass is 228 g/mol. The highest BCUT2D eigenvalue weighted by Crippen LogP contribution is 2.18. The first-order valence-electron chi connectivity index (χ1n) is 4.98. The predicted octanol–water partition coefficient (Wildman–Crippen LogP) is 1.97. The van der Waals surface area contributed by atoms with E-state index in [2.05, 4.69) is 0 Å². The molecule has 82 valence electrons. The summed E-state index contributed by atoms with van der Waals surface area (Å²) in [5.41, 5.74) is 0. The molecule has 0 aliphatic carbocycles. The average molecular weight is 228 g/mol. The van der Waals surface area contributed by atoms with Crippen LogP contribution in [0.25, 0.3) is 0 Å². The SMILES string of the molecule is O=S(CC1CCOC1)c1ccccc1F. The molecule has 0 radical (unpaired) electrons. The molecule has 0 aromatic heterocycles. The van der Waals surface area contributed by atoms with Gasteiger partial charge < -0.3 is 4.74 Å². The van der Waals surface area contributed by atoms with E-state index in [0.717, 1.165) is 13.0 Å². The van der Waals surface area contributed by atoms with E-state index in [9.17, 15) is 8.60 Å². The van der Waals surface area contributed by atoms with E-state index in [1.807, 2.05) is 0 Å². The molecule has 2 nitrogen and oxygen atoms in total. The molecule has 1 fully saturated rings. The van der Waals surface area contributed by atoms with Crippen LogP contribution in [0.15, 0.2) is 29.2 Å². The molecule has 15 heavy (non-hydrogen) atoms. The molecule has 0 amide bonds. The fourth-order valence-electron chi connectivity index (χ4n) is 1.65. The van der Waals surface area contributed by atoms with Crippen LogP contribution in [0.1, 0.15) is 6.42 Å². The standard InChI is InChI=1S/C11H13FO2S/c12-10-3-1-2-4-11(10)15(13)8-9-5-6-14-7-9/h1-4,9H,5-8H2. The fourth-order valence-corrected chi connectivity index (χ4v) is 3.03. The van der Waals surface area contributed by atoms with E-state index in [1.165, 1.54) is 6.07 Å². The number of halogens is 1. The largest absolute Gasteiger partial charge is 0.381 e. The molecule has 0 bridgehead atoms. The van der Waals surface area contributed by atoms with Crippen molar-refractivity contribution in [2.45, 2.75) is 11.3 Å². The van der Waals surface area contributed by atoms with Crippen LogP contribution in [0.4, 0.5) is 4.39 Å². The van der Waals surface area contributed by atoms with Crippen molar-refractivity contribution in [3.05, 3.63) is 30.1 Å². The zero-order valence-electron chi connectivity index (χ0n) is 8.32. The van der Waals surface area contributed by atoms with Gasteiger partial charge in [-0.15, -0.1) is 0 Å². The van der Waals surface area contributed by atoms with Crippen molar-refractivity contribution >= 4 is 10.8 Å². The first-order valence-corrected chi connectivity index (χ1v) is 6.30. The van der Waals surface area contributed by atoms with Crippen LogP contribution in [-0.4, -0.2) is 23.2 Å². The van der Waals surface area contributed by atoms with Crippen LogP contribution in [0, 0.1) is 11.7 Å². The molecule has 2 rings (SSSR count). The van der Waals surface area contributed by atoms with Crippen LogP contribution in [-0.2, 0) is 15.5 Å². The highest BCUT2D eigenvalue weighted by molar-refractivity contribution is 7.85. The van der Waals surface area contributed by atoms with Crippen LogP contribution in [0.5, 0.6) is 0 Å². The second-order valence-electron chi connectivity index (χ2n) is 3.67. The Bertz CT molecular complexity index is 361. The Morgan fingerprint density at radius 2 is 2.27 bits per heavy atom. The molecule has 0 N–H and O–H groups in total. The van der Waals surface area contributed by atoms with Gasteiger partial charge in [-0.3, -0.25) is 4.21 Å². The number of ether oxygens (including phenoxy) is 1. The van der Waals surface area contributed by atoms with Gasteiger partial charge in [0.1, 0.15) is 5.82 Å². The predicted molar refractivity (Wildman–Crippen MR) is 56.6 cm³/mol. The number of benzene rings is 1. The summed E-state index contributed by atoms with van der Waals surface area (Å²) >= 11 is 0. The molecular weight excluding hydrogens is 215 g/mol. The summed E-state index contributed by atoms with van der Waals surface area (Å²) in [5.74, 6) is 0.432. The molecule has 1 saturated heterocycles. The molecule has 1 aromatic carbocycles. The summed E-state index contributed by atoms with van der Waals surface area (Å²) in [7, 11) is -1.24. The minimum Gasteiger partial charge on any atom is -0.381 e. The lowest BCUT2D eigenvalue weighted by atomic mass is 10.2. The van der Waals surface area contributed by atoms with Crippen molar-refractivity contribution in [1.29, 1.82) is 0 Å². The van der Waals surface area contributed by atoms with Gasteiger partial charge in [0, 0.05) is 12.4 Å². The third-order valence-electron chi connectivity index (χ3n) is 2.49. The highest BCUT2D eigenvalue weighted by Gasteiger charge is 2.20. The normalized spacial score (nSPS) is 22.9. The van der Waals surface area contributed by atoms with E-state index in [0.29, 0.717) is 23.2 Å². The molecule has 1 aliphatic heterocycles. The van der Waals surface area contributed by atoms with Crippen molar-refractivity contribution in [3.8, 4) is 0 Å². The summed E-state index contributed by atoms with van der Waals surface area (Å²) < 4.78 is 30.3. The van der Waals surface area contributed by atoms with Crippen LogP contribution >= 0.6 is 0 Å². The van der Waals surface area contributed by atoms with Gasteiger partial charge >= 0.3 is 0 Å². The maximum atomic E-state index is 13.3. The second-order valence-corrected chi connectivity index (χ2v) is 5.14. The minimum absolute atomic E-state index is 0.310. The first-order chi connectivity index (χ1) is 7.27. The molecule has 1 aromatic rings. The van der Waals surface area contributed by atoms with Gasteiger partial charge in [-0.05, 0) is 24.5 Å². The minimum atomic E-state index is -1.24. The van der Waals surface area contributed by atoms with Crippen molar-refractivity contribution in [3.63, 3.8) is 0 Å². The van der Waals surface area contributed by atoms with E-state index in [1.54, 1.807) is 18.2 Å². The molecule has 0 spiro atoms. The Kier molecular flexibility index (Phi) is 3.49. The van der Waals surface area contributed by atoms with Gasteiger partial charge in [0.05, 0.1) is 22.3 Å². The smallest absolute Gasteiger partial charge is 0.139 e. The Balaban J connectivity index is 2.04. The van der Waals surface area contributed by atoms with Crippen molar-refractivity contribution in [2.24, 2.45) is 5.92 Å². The van der Waals surface area contributed by atoms with Gasteiger partial charge in [-0.1, -0.05) is 12.1 Å². The number of hydrogen-bond acceptors (Lipinski definition) is 2. The van der Waals surface area contributed by atoms with E-state index in [4.69, 9.17) is 4.74 Å². The summed E-state index contributed by atoms with van der Waals surface area (Å²) in [6.45, 7) is 1.39. The summed E-state index contributed by atoms with van der Waals surface area (Å²) in [6.07, 6.45) is 0.931. The lowest BCUT2D eigenvalue weighted by Crippen LogP contribution is -2.12. The molecule has 1 heterocycles. The number of rotatable bonds is 3. The molecular formula is C11H13FO2S. The van der Waals surface area contributed by atoms with Crippen LogP contribution in [0.2, 0.25) is 0 Å². The molecule has 1 aliphatic rings. The number of hydrogen-bond donors (Lipinski definition) is 0. The van der Waals surface area contributed by atoms with Gasteiger partial charge in [-0.25, -0.2) is 4.39 Å². The van der Waals surface area contributed by atoms with Gasteiger partial charge in [0.15, 0.2) is 0 Å². The summed E-state index contributed by atoms with van der Waals surface area (Å²) in [4.78, 5) is 0.310. The third-order valence-corrected chi connectivity index (χ3v) is 4.09. The molecule has 4 heteroatoms.